The molecule has 0 radical (unpaired) electrons. The van der Waals surface area contributed by atoms with Gasteiger partial charge in [-0.1, -0.05) is 67.5 Å². The second-order valence-corrected chi connectivity index (χ2v) is 24.3. The zero-order valence-electron chi connectivity index (χ0n) is 38.2. The number of aliphatic carboxylic acids is 1. The Morgan fingerprint density at radius 3 is 2.28 bits per heavy atom. The Labute approximate surface area is 363 Å². The van der Waals surface area contributed by atoms with Crippen LogP contribution in [0.1, 0.15) is 164 Å². The summed E-state index contributed by atoms with van der Waals surface area (Å²) in [4.78, 5) is 51.8. The molecule has 8 fully saturated rings. The minimum Gasteiger partial charge on any atom is -0.481 e. The van der Waals surface area contributed by atoms with Crippen molar-refractivity contribution in [3.8, 4) is 11.3 Å². The summed E-state index contributed by atoms with van der Waals surface area (Å²) in [6, 6.07) is 6.55. The SMILES string of the molecule is CC1([C@@H]2CC[C@]3(C(=O)N4CCC[C@H]4c4ncc(-c5cccc(F)c5)[nH]4)CC[C@]4(C)[C@H](CC[C@@H]5C6(C)CC[C@H](OC(=O)[C@H]7C[C@@H](C(=O)O)C7(C)C)C(C)(C)[C@@H]6CC[C@]54C)[C@@H]23)CC1. The maximum absolute atomic E-state index is 15.7. The predicted molar refractivity (Wildman–Crippen MR) is 232 cm³/mol. The number of benzene rings is 1. The lowest BCUT2D eigenvalue weighted by Crippen LogP contribution is -2.67. The number of ether oxygens (including phenoxy) is 1. The number of rotatable bonds is 7. The minimum atomic E-state index is -0.819. The number of halogens is 1. The molecule has 9 heteroatoms. The van der Waals surface area contributed by atoms with Crippen LogP contribution in [0.25, 0.3) is 11.3 Å². The van der Waals surface area contributed by atoms with Crippen molar-refractivity contribution in [1.82, 2.24) is 14.9 Å². The summed E-state index contributed by atoms with van der Waals surface area (Å²) in [5.74, 6) is 1.51. The number of fused-ring (bicyclic) bond motifs is 7. The lowest BCUT2D eigenvalue weighted by Gasteiger charge is -2.73. The molecule has 1 aromatic carbocycles. The van der Waals surface area contributed by atoms with Crippen LogP contribution in [0.5, 0.6) is 0 Å². The number of carbonyl (C=O) groups is 3. The number of aromatic amines is 1. The van der Waals surface area contributed by atoms with E-state index in [9.17, 15) is 19.1 Å². The fourth-order valence-corrected chi connectivity index (χ4v) is 17.4. The van der Waals surface area contributed by atoms with Gasteiger partial charge in [-0.25, -0.2) is 9.37 Å². The number of imidazole rings is 1. The average molecular weight is 838 g/mol. The van der Waals surface area contributed by atoms with E-state index in [4.69, 9.17) is 9.72 Å². The van der Waals surface area contributed by atoms with Crippen LogP contribution in [0.4, 0.5) is 4.39 Å². The van der Waals surface area contributed by atoms with Gasteiger partial charge in [0.25, 0.3) is 0 Å². The number of nitrogens with zero attached hydrogens (tertiary/aromatic N) is 2. The van der Waals surface area contributed by atoms with Crippen molar-refractivity contribution in [2.45, 2.75) is 164 Å². The number of amides is 1. The van der Waals surface area contributed by atoms with Gasteiger partial charge in [0.15, 0.2) is 0 Å². The fourth-order valence-electron chi connectivity index (χ4n) is 17.4. The van der Waals surface area contributed by atoms with Crippen molar-refractivity contribution >= 4 is 17.8 Å². The molecule has 0 spiro atoms. The van der Waals surface area contributed by atoms with Crippen molar-refractivity contribution in [1.29, 1.82) is 0 Å². The zero-order valence-corrected chi connectivity index (χ0v) is 38.2. The maximum atomic E-state index is 15.7. The second-order valence-electron chi connectivity index (χ2n) is 24.3. The Morgan fingerprint density at radius 1 is 0.803 bits per heavy atom. The van der Waals surface area contributed by atoms with E-state index in [1.165, 1.54) is 44.2 Å². The van der Waals surface area contributed by atoms with Crippen molar-refractivity contribution in [3.05, 3.63) is 42.1 Å². The molecule has 1 aliphatic heterocycles. The molecule has 61 heavy (non-hydrogen) atoms. The van der Waals surface area contributed by atoms with Crippen molar-refractivity contribution < 1.29 is 28.6 Å². The number of esters is 1. The van der Waals surface area contributed by atoms with E-state index in [1.807, 2.05) is 19.9 Å². The smallest absolute Gasteiger partial charge is 0.309 e. The molecule has 7 saturated carbocycles. The van der Waals surface area contributed by atoms with Gasteiger partial charge < -0.3 is 19.7 Å². The molecular formula is C52H72FN3O5. The number of H-pyrrole nitrogens is 1. The van der Waals surface area contributed by atoms with E-state index in [1.54, 1.807) is 12.3 Å². The largest absolute Gasteiger partial charge is 0.481 e. The molecule has 2 heterocycles. The number of nitrogens with one attached hydrogen (secondary N) is 1. The first-order chi connectivity index (χ1) is 28.7. The number of carboxylic acid groups (broad SMARTS) is 1. The molecule has 2 aromatic rings. The summed E-state index contributed by atoms with van der Waals surface area (Å²) >= 11 is 0. The predicted octanol–water partition coefficient (Wildman–Crippen LogP) is 11.4. The van der Waals surface area contributed by atoms with Crippen molar-refractivity contribution in [2.24, 2.45) is 79.3 Å². The Morgan fingerprint density at radius 2 is 1.57 bits per heavy atom. The third-order valence-electron chi connectivity index (χ3n) is 21.4. The topological polar surface area (TPSA) is 113 Å². The molecule has 13 atom stereocenters. The van der Waals surface area contributed by atoms with E-state index in [-0.39, 0.29) is 56.9 Å². The van der Waals surface area contributed by atoms with E-state index < -0.39 is 17.3 Å². The molecule has 1 unspecified atom stereocenters. The first-order valence-electron chi connectivity index (χ1n) is 24.3. The maximum Gasteiger partial charge on any atom is 0.309 e. The highest BCUT2D eigenvalue weighted by molar-refractivity contribution is 5.85. The van der Waals surface area contributed by atoms with E-state index >= 15 is 4.79 Å². The van der Waals surface area contributed by atoms with Gasteiger partial charge in [0.1, 0.15) is 17.7 Å². The standard InChI is InChI=1S/C52H72FN3O5/c1-46(2)34(43(57)58)28-35(46)44(59)61-40-18-19-49(6)38(47(40,3)4)17-20-51(8)39(49)15-14-33-41-32(48(5)22-23-48)16-21-52(41,25-24-50(33,51)7)45(60)56-26-10-13-37(56)42-54-29-36(55-42)30-11-9-12-31(53)27-30/h9,11-12,27,29,32-35,37-41H,10,13-26,28H2,1-8H3,(H,54,55)(H,57,58)/t32-,33-,34+,35-,37+,38+,39-,40+,41-,49?,50-,51-,52+/m1/s1. The fraction of sp³-hybridized carbons (Fsp3) is 0.769. The Bertz CT molecular complexity index is 2120. The summed E-state index contributed by atoms with van der Waals surface area (Å²) in [7, 11) is 0. The first-order valence-corrected chi connectivity index (χ1v) is 24.3. The van der Waals surface area contributed by atoms with Gasteiger partial charge in [0.2, 0.25) is 5.91 Å². The van der Waals surface area contributed by atoms with Crippen molar-refractivity contribution in [3.63, 3.8) is 0 Å². The van der Waals surface area contributed by atoms with Crippen LogP contribution in [-0.2, 0) is 19.1 Å². The van der Waals surface area contributed by atoms with Crippen LogP contribution < -0.4 is 0 Å². The number of hydrogen-bond acceptors (Lipinski definition) is 5. The molecule has 332 valence electrons. The molecule has 8 nitrogen and oxygen atoms in total. The van der Waals surface area contributed by atoms with E-state index in [0.717, 1.165) is 81.4 Å². The van der Waals surface area contributed by atoms with Gasteiger partial charge in [0, 0.05) is 17.5 Å². The zero-order chi connectivity index (χ0) is 43.3. The third-order valence-corrected chi connectivity index (χ3v) is 21.4. The highest BCUT2D eigenvalue weighted by atomic mass is 19.1. The molecule has 7 aliphatic carbocycles. The van der Waals surface area contributed by atoms with Crippen LogP contribution >= 0.6 is 0 Å². The monoisotopic (exact) mass is 838 g/mol. The molecule has 8 aliphatic rings. The lowest BCUT2D eigenvalue weighted by atomic mass is 9.32. The summed E-state index contributed by atoms with van der Waals surface area (Å²) in [6.45, 7) is 19.8. The molecule has 2 N–H and O–H groups in total. The molecular weight excluding hydrogens is 766 g/mol. The molecule has 10 rings (SSSR count). The molecule has 0 bridgehead atoms. The summed E-state index contributed by atoms with van der Waals surface area (Å²) in [5, 5.41) is 9.72. The summed E-state index contributed by atoms with van der Waals surface area (Å²) in [5.41, 5.74) is 1.17. The molecule has 1 aromatic heterocycles. The minimum absolute atomic E-state index is 0.0863. The normalized spacial score (nSPS) is 43.8. The van der Waals surface area contributed by atoms with E-state index in [0.29, 0.717) is 47.3 Å². The van der Waals surface area contributed by atoms with Crippen LogP contribution in [-0.4, -0.2) is 50.5 Å². The van der Waals surface area contributed by atoms with Crippen LogP contribution in [0.3, 0.4) is 0 Å². The third kappa shape index (κ3) is 5.77. The van der Waals surface area contributed by atoms with Gasteiger partial charge >= 0.3 is 11.9 Å². The van der Waals surface area contributed by atoms with Crippen LogP contribution in [0, 0.1) is 85.1 Å². The summed E-state index contributed by atoms with van der Waals surface area (Å²) in [6.07, 6.45) is 17.2. The Kier molecular flexibility index (Phi) is 9.34. The molecule has 1 saturated heterocycles. The number of carboxylic acids is 1. The number of carbonyl (C=O) groups excluding carboxylic acids is 2. The van der Waals surface area contributed by atoms with Crippen molar-refractivity contribution in [2.75, 3.05) is 6.54 Å². The highest BCUT2D eigenvalue weighted by Gasteiger charge is 2.74. The average Bonchev–Trinajstić information content (AvgIpc) is 3.58. The van der Waals surface area contributed by atoms with Gasteiger partial charge in [-0.05, 0) is 165 Å². The number of aromatic nitrogens is 2. The number of likely N-dealkylation sites (tertiary alicyclic amines) is 1. The van der Waals surface area contributed by atoms with Gasteiger partial charge in [-0.15, -0.1) is 0 Å². The Hall–Kier alpha value is -3.23. The van der Waals surface area contributed by atoms with Gasteiger partial charge in [-0.3, -0.25) is 14.4 Å². The highest BCUT2D eigenvalue weighted by Crippen LogP contribution is 2.79. The Balaban J connectivity index is 0.914. The second kappa shape index (κ2) is 13.6. The van der Waals surface area contributed by atoms with Gasteiger partial charge in [0.05, 0.1) is 35.2 Å². The van der Waals surface area contributed by atoms with Crippen LogP contribution in [0.15, 0.2) is 30.5 Å². The quantitative estimate of drug-likeness (QED) is 0.269. The lowest BCUT2D eigenvalue weighted by molar-refractivity contribution is -0.253. The summed E-state index contributed by atoms with van der Waals surface area (Å²) < 4.78 is 20.7. The first kappa shape index (κ1) is 41.8. The van der Waals surface area contributed by atoms with E-state index in [2.05, 4.69) is 51.4 Å². The van der Waals surface area contributed by atoms with Crippen LogP contribution in [0.2, 0.25) is 0 Å². The molecule has 1 amide bonds. The van der Waals surface area contributed by atoms with Gasteiger partial charge in [-0.2, -0.15) is 0 Å². The number of hydrogen-bond donors (Lipinski definition) is 2.